The van der Waals surface area contributed by atoms with Crippen molar-refractivity contribution in [2.24, 2.45) is 5.73 Å². The third kappa shape index (κ3) is 3.30. The summed E-state index contributed by atoms with van der Waals surface area (Å²) in [6.07, 6.45) is 2.78. The van der Waals surface area contributed by atoms with Crippen molar-refractivity contribution in [1.82, 2.24) is 0 Å². The predicted molar refractivity (Wildman–Crippen MR) is 90.6 cm³/mol. The average Bonchev–Trinajstić information content (AvgIpc) is 2.54. The van der Waals surface area contributed by atoms with Crippen LogP contribution in [0.1, 0.15) is 33.5 Å². The third-order valence-electron chi connectivity index (χ3n) is 4.18. The molecule has 0 aromatic heterocycles. The van der Waals surface area contributed by atoms with Crippen molar-refractivity contribution in [3.63, 3.8) is 0 Å². The first-order valence-corrected chi connectivity index (χ1v) is 7.82. The fourth-order valence-corrected chi connectivity index (χ4v) is 3.19. The number of anilines is 1. The van der Waals surface area contributed by atoms with Gasteiger partial charge in [-0.3, -0.25) is 4.79 Å². The number of benzene rings is 2. The van der Waals surface area contributed by atoms with Crippen LogP contribution in [0.3, 0.4) is 0 Å². The Hall–Kier alpha value is -2.51. The number of primary amides is 1. The standard InChI is InChI=1S/C18H16ClN3O/c19-17-9-16(6-4-13(17)10-20)22-15-5-3-11-1-2-12(18(21)23)7-14(11)8-15/h1-2,4,6-7,9,15,22H,3,5,8H2,(H2,21,23). The number of fused-ring (bicyclic) bond motifs is 1. The van der Waals surface area contributed by atoms with Gasteiger partial charge in [-0.05, 0) is 60.7 Å². The molecular weight excluding hydrogens is 310 g/mol. The van der Waals surface area contributed by atoms with Gasteiger partial charge >= 0.3 is 0 Å². The van der Waals surface area contributed by atoms with Crippen LogP contribution in [0.2, 0.25) is 5.02 Å². The minimum atomic E-state index is -0.401. The maximum absolute atomic E-state index is 11.3. The number of carbonyl (C=O) groups is 1. The zero-order valence-corrected chi connectivity index (χ0v) is 13.2. The topological polar surface area (TPSA) is 78.9 Å². The van der Waals surface area contributed by atoms with Crippen LogP contribution in [0.15, 0.2) is 36.4 Å². The number of nitriles is 1. The van der Waals surface area contributed by atoms with E-state index in [4.69, 9.17) is 22.6 Å². The molecule has 1 aliphatic carbocycles. The molecule has 0 aliphatic heterocycles. The Morgan fingerprint density at radius 1 is 1.26 bits per heavy atom. The molecule has 0 saturated carbocycles. The van der Waals surface area contributed by atoms with Crippen LogP contribution in [0.5, 0.6) is 0 Å². The predicted octanol–water partition coefficient (Wildman–Crippen LogP) is 3.28. The van der Waals surface area contributed by atoms with E-state index in [0.29, 0.717) is 16.1 Å². The molecule has 0 spiro atoms. The Morgan fingerprint density at radius 3 is 2.78 bits per heavy atom. The first-order chi connectivity index (χ1) is 11.1. The SMILES string of the molecule is N#Cc1ccc(NC2CCc3ccc(C(N)=O)cc3C2)cc1Cl. The summed E-state index contributed by atoms with van der Waals surface area (Å²) in [5, 5.41) is 12.8. The molecule has 3 rings (SSSR count). The summed E-state index contributed by atoms with van der Waals surface area (Å²) in [6, 6.07) is 13.3. The third-order valence-corrected chi connectivity index (χ3v) is 4.49. The lowest BCUT2D eigenvalue weighted by Crippen LogP contribution is -2.27. The highest BCUT2D eigenvalue weighted by atomic mass is 35.5. The van der Waals surface area contributed by atoms with E-state index in [1.54, 1.807) is 18.2 Å². The Kier molecular flexibility index (Phi) is 4.22. The number of nitrogens with two attached hydrogens (primary N) is 1. The Bertz CT molecular complexity index is 810. The fourth-order valence-electron chi connectivity index (χ4n) is 2.96. The molecule has 1 unspecified atom stereocenters. The number of nitrogens with zero attached hydrogens (tertiary/aromatic N) is 1. The molecule has 2 aromatic carbocycles. The normalized spacial score (nSPS) is 16.3. The van der Waals surface area contributed by atoms with Crippen molar-refractivity contribution >= 4 is 23.2 Å². The molecule has 0 radical (unpaired) electrons. The lowest BCUT2D eigenvalue weighted by atomic mass is 9.87. The fraction of sp³-hybridized carbons (Fsp3) is 0.222. The molecule has 0 fully saturated rings. The minimum absolute atomic E-state index is 0.259. The molecular formula is C18H16ClN3O. The van der Waals surface area contributed by atoms with Crippen LogP contribution in [-0.4, -0.2) is 11.9 Å². The number of rotatable bonds is 3. The number of nitrogens with one attached hydrogen (secondary N) is 1. The van der Waals surface area contributed by atoms with Crippen LogP contribution >= 0.6 is 11.6 Å². The summed E-state index contributed by atoms with van der Waals surface area (Å²) in [4.78, 5) is 11.3. The molecule has 1 atom stereocenters. The van der Waals surface area contributed by atoms with Gasteiger partial charge in [-0.2, -0.15) is 5.26 Å². The summed E-state index contributed by atoms with van der Waals surface area (Å²) < 4.78 is 0. The van der Waals surface area contributed by atoms with Crippen molar-refractivity contribution in [3.8, 4) is 6.07 Å². The molecule has 116 valence electrons. The van der Waals surface area contributed by atoms with Crippen LogP contribution < -0.4 is 11.1 Å². The Morgan fingerprint density at radius 2 is 2.09 bits per heavy atom. The van der Waals surface area contributed by atoms with Gasteiger partial charge in [0.05, 0.1) is 10.6 Å². The van der Waals surface area contributed by atoms with E-state index in [1.807, 2.05) is 18.2 Å². The number of carbonyl (C=O) groups excluding carboxylic acids is 1. The van der Waals surface area contributed by atoms with Crippen molar-refractivity contribution in [1.29, 1.82) is 5.26 Å². The second-order valence-electron chi connectivity index (χ2n) is 5.74. The summed E-state index contributed by atoms with van der Waals surface area (Å²) in [6.45, 7) is 0. The van der Waals surface area contributed by atoms with Gasteiger partial charge in [-0.25, -0.2) is 0 Å². The Labute approximate surface area is 139 Å². The molecule has 2 aromatic rings. The monoisotopic (exact) mass is 325 g/mol. The maximum Gasteiger partial charge on any atom is 0.248 e. The van der Waals surface area contributed by atoms with E-state index in [0.717, 1.165) is 30.5 Å². The lowest BCUT2D eigenvalue weighted by Gasteiger charge is -2.27. The summed E-state index contributed by atoms with van der Waals surface area (Å²) in [7, 11) is 0. The van der Waals surface area contributed by atoms with Crippen molar-refractivity contribution in [2.45, 2.75) is 25.3 Å². The van der Waals surface area contributed by atoms with Gasteiger partial charge in [0.15, 0.2) is 0 Å². The molecule has 1 amide bonds. The number of halogens is 1. The summed E-state index contributed by atoms with van der Waals surface area (Å²) >= 11 is 6.07. The van der Waals surface area contributed by atoms with Crippen LogP contribution in [0.25, 0.3) is 0 Å². The smallest absolute Gasteiger partial charge is 0.248 e. The van der Waals surface area contributed by atoms with Gasteiger partial charge in [0, 0.05) is 17.3 Å². The molecule has 0 heterocycles. The van der Waals surface area contributed by atoms with Gasteiger partial charge in [-0.1, -0.05) is 17.7 Å². The Balaban J connectivity index is 1.77. The summed E-state index contributed by atoms with van der Waals surface area (Å²) in [5.41, 5.74) is 9.69. The average molecular weight is 326 g/mol. The van der Waals surface area contributed by atoms with E-state index in [-0.39, 0.29) is 6.04 Å². The number of amides is 1. The highest BCUT2D eigenvalue weighted by molar-refractivity contribution is 6.32. The van der Waals surface area contributed by atoms with E-state index in [9.17, 15) is 4.79 Å². The second kappa shape index (κ2) is 6.31. The minimum Gasteiger partial charge on any atom is -0.382 e. The molecule has 1 aliphatic rings. The number of hydrogen-bond donors (Lipinski definition) is 2. The first kappa shape index (κ1) is 15.4. The van der Waals surface area contributed by atoms with E-state index in [1.165, 1.54) is 5.56 Å². The van der Waals surface area contributed by atoms with Crippen molar-refractivity contribution < 1.29 is 4.79 Å². The largest absolute Gasteiger partial charge is 0.382 e. The zero-order chi connectivity index (χ0) is 16.4. The van der Waals surface area contributed by atoms with Crippen LogP contribution in [-0.2, 0) is 12.8 Å². The first-order valence-electron chi connectivity index (χ1n) is 7.44. The van der Waals surface area contributed by atoms with Gasteiger partial charge in [0.2, 0.25) is 5.91 Å². The van der Waals surface area contributed by atoms with E-state index < -0.39 is 5.91 Å². The van der Waals surface area contributed by atoms with Gasteiger partial charge in [0.25, 0.3) is 0 Å². The molecule has 23 heavy (non-hydrogen) atoms. The maximum atomic E-state index is 11.3. The lowest BCUT2D eigenvalue weighted by molar-refractivity contribution is 0.1000. The zero-order valence-electron chi connectivity index (χ0n) is 12.5. The second-order valence-corrected chi connectivity index (χ2v) is 6.15. The van der Waals surface area contributed by atoms with Gasteiger partial charge < -0.3 is 11.1 Å². The van der Waals surface area contributed by atoms with Gasteiger partial charge in [0.1, 0.15) is 6.07 Å². The van der Waals surface area contributed by atoms with E-state index >= 15 is 0 Å². The quantitative estimate of drug-likeness (QED) is 0.909. The number of aryl methyl sites for hydroxylation is 1. The van der Waals surface area contributed by atoms with Crippen molar-refractivity contribution in [3.05, 3.63) is 63.7 Å². The molecule has 3 N–H and O–H groups in total. The van der Waals surface area contributed by atoms with Crippen LogP contribution in [0, 0.1) is 11.3 Å². The highest BCUT2D eigenvalue weighted by Crippen LogP contribution is 2.26. The van der Waals surface area contributed by atoms with Crippen molar-refractivity contribution in [2.75, 3.05) is 5.32 Å². The summed E-state index contributed by atoms with van der Waals surface area (Å²) in [5.74, 6) is -0.401. The molecule has 4 nitrogen and oxygen atoms in total. The number of hydrogen-bond acceptors (Lipinski definition) is 3. The highest BCUT2D eigenvalue weighted by Gasteiger charge is 2.19. The van der Waals surface area contributed by atoms with E-state index in [2.05, 4.69) is 11.4 Å². The van der Waals surface area contributed by atoms with Gasteiger partial charge in [-0.15, -0.1) is 0 Å². The molecule has 0 saturated heterocycles. The molecule has 5 heteroatoms. The van der Waals surface area contributed by atoms with Crippen LogP contribution in [0.4, 0.5) is 5.69 Å². The molecule has 0 bridgehead atoms.